The molecule has 2 aromatic heterocycles. The quantitative estimate of drug-likeness (QED) is 0.717. The van der Waals surface area contributed by atoms with Crippen molar-refractivity contribution in [3.63, 3.8) is 0 Å². The molecule has 0 atom stereocenters. The van der Waals surface area contributed by atoms with E-state index in [0.29, 0.717) is 27.4 Å². The molecule has 0 fully saturated rings. The van der Waals surface area contributed by atoms with Gasteiger partial charge in [0.2, 0.25) is 5.78 Å². The summed E-state index contributed by atoms with van der Waals surface area (Å²) in [6.07, 6.45) is 3.23. The Balaban J connectivity index is 2.18. The Morgan fingerprint density at radius 1 is 1.14 bits per heavy atom. The molecule has 3 rings (SSSR count). The Labute approximate surface area is 134 Å². The maximum atomic E-state index is 12.2. The van der Waals surface area contributed by atoms with Crippen molar-refractivity contribution >= 4 is 21.7 Å². The molecule has 0 aliphatic heterocycles. The molecule has 1 aromatic carbocycles. The first kappa shape index (κ1) is 14.5. The molecule has 0 aliphatic carbocycles. The molecule has 0 radical (unpaired) electrons. The number of fused-ring (bicyclic) bond motifs is 1. The summed E-state index contributed by atoms with van der Waals surface area (Å²) in [5, 5.41) is 0. The molecule has 0 aliphatic rings. The first-order chi connectivity index (χ1) is 10.6. The summed E-state index contributed by atoms with van der Waals surface area (Å²) in [5.41, 5.74) is 1.08. The van der Waals surface area contributed by atoms with Crippen LogP contribution in [0.1, 0.15) is 0 Å². The van der Waals surface area contributed by atoms with E-state index in [1.807, 2.05) is 6.07 Å². The summed E-state index contributed by atoms with van der Waals surface area (Å²) in [6.45, 7) is 0. The smallest absolute Gasteiger partial charge is 0.259 e. The summed E-state index contributed by atoms with van der Waals surface area (Å²) < 4.78 is 12.6. The molecule has 0 amide bonds. The second kappa shape index (κ2) is 5.76. The highest BCUT2D eigenvalue weighted by Gasteiger charge is 2.10. The van der Waals surface area contributed by atoms with Gasteiger partial charge in [-0.3, -0.25) is 9.20 Å². The third kappa shape index (κ3) is 2.55. The molecule has 0 unspecified atom stereocenters. The summed E-state index contributed by atoms with van der Waals surface area (Å²) in [7, 11) is 3.13. The van der Waals surface area contributed by atoms with Crippen molar-refractivity contribution in [3.05, 3.63) is 51.5 Å². The van der Waals surface area contributed by atoms with Crippen LogP contribution in [-0.4, -0.2) is 28.6 Å². The van der Waals surface area contributed by atoms with E-state index in [0.717, 1.165) is 5.56 Å². The van der Waals surface area contributed by atoms with Gasteiger partial charge in [-0.25, -0.2) is 9.97 Å². The van der Waals surface area contributed by atoms with Crippen LogP contribution in [-0.2, 0) is 0 Å². The summed E-state index contributed by atoms with van der Waals surface area (Å²) in [5.74, 6) is 1.53. The lowest BCUT2D eigenvalue weighted by molar-refractivity contribution is 0.355. The molecule has 6 nitrogen and oxygen atoms in total. The fourth-order valence-corrected chi connectivity index (χ4v) is 2.42. The van der Waals surface area contributed by atoms with Crippen molar-refractivity contribution in [2.45, 2.75) is 0 Å². The van der Waals surface area contributed by atoms with Crippen molar-refractivity contribution in [1.82, 2.24) is 14.4 Å². The van der Waals surface area contributed by atoms with Gasteiger partial charge in [0.15, 0.2) is 11.5 Å². The molecule has 7 heteroatoms. The van der Waals surface area contributed by atoms with Crippen LogP contribution in [0.5, 0.6) is 11.5 Å². The van der Waals surface area contributed by atoms with Crippen LogP contribution in [0, 0.1) is 0 Å². The fourth-order valence-electron chi connectivity index (χ4n) is 2.11. The molecule has 0 spiro atoms. The maximum Gasteiger partial charge on any atom is 0.259 e. The monoisotopic (exact) mass is 361 g/mol. The number of aromatic nitrogens is 3. The van der Waals surface area contributed by atoms with E-state index in [9.17, 15) is 4.79 Å². The molecule has 0 N–H and O–H groups in total. The molecular formula is C15H12BrN3O3. The van der Waals surface area contributed by atoms with Crippen LogP contribution >= 0.6 is 15.9 Å². The highest BCUT2D eigenvalue weighted by atomic mass is 79.9. The van der Waals surface area contributed by atoms with Gasteiger partial charge in [0.05, 0.1) is 24.4 Å². The first-order valence-electron chi connectivity index (χ1n) is 6.40. The van der Waals surface area contributed by atoms with Crippen LogP contribution in [0.4, 0.5) is 0 Å². The van der Waals surface area contributed by atoms with E-state index in [4.69, 9.17) is 9.47 Å². The molecular weight excluding hydrogens is 350 g/mol. The van der Waals surface area contributed by atoms with Gasteiger partial charge >= 0.3 is 0 Å². The minimum atomic E-state index is -0.205. The first-order valence-corrected chi connectivity index (χ1v) is 7.19. The van der Waals surface area contributed by atoms with E-state index >= 15 is 0 Å². The molecule has 0 bridgehead atoms. The number of benzene rings is 1. The van der Waals surface area contributed by atoms with Gasteiger partial charge in [0.1, 0.15) is 0 Å². The highest BCUT2D eigenvalue weighted by molar-refractivity contribution is 9.10. The minimum Gasteiger partial charge on any atom is -0.493 e. The zero-order valence-corrected chi connectivity index (χ0v) is 13.5. The van der Waals surface area contributed by atoms with Crippen molar-refractivity contribution in [2.24, 2.45) is 0 Å². The van der Waals surface area contributed by atoms with Gasteiger partial charge in [0, 0.05) is 24.0 Å². The van der Waals surface area contributed by atoms with Gasteiger partial charge in [0.25, 0.3) is 5.56 Å². The highest BCUT2D eigenvalue weighted by Crippen LogP contribution is 2.31. The minimum absolute atomic E-state index is 0.205. The van der Waals surface area contributed by atoms with Gasteiger partial charge in [-0.2, -0.15) is 0 Å². The summed E-state index contributed by atoms with van der Waals surface area (Å²) in [4.78, 5) is 20.8. The van der Waals surface area contributed by atoms with E-state index in [1.54, 1.807) is 38.7 Å². The standard InChI is InChI=1S/C15H12BrN3O3/c1-21-12-4-3-9(5-13(12)22-2)11-6-14(20)19-8-10(16)7-17-15(19)18-11/h3-8H,1-2H3. The Kier molecular flexibility index (Phi) is 3.81. The SMILES string of the molecule is COc1ccc(-c2cc(=O)n3cc(Br)cnc3n2)cc1OC. The molecule has 2 heterocycles. The van der Waals surface area contributed by atoms with Crippen LogP contribution in [0.3, 0.4) is 0 Å². The lowest BCUT2D eigenvalue weighted by Gasteiger charge is -2.09. The van der Waals surface area contributed by atoms with E-state index in [1.165, 1.54) is 10.5 Å². The number of hydrogen-bond acceptors (Lipinski definition) is 5. The Bertz CT molecular complexity index is 908. The number of rotatable bonds is 3. The number of halogens is 1. The third-order valence-electron chi connectivity index (χ3n) is 3.17. The molecule has 112 valence electrons. The van der Waals surface area contributed by atoms with Crippen molar-refractivity contribution in [1.29, 1.82) is 0 Å². The average molecular weight is 362 g/mol. The second-order valence-corrected chi connectivity index (χ2v) is 5.41. The van der Waals surface area contributed by atoms with Crippen molar-refractivity contribution in [3.8, 4) is 22.8 Å². The summed E-state index contributed by atoms with van der Waals surface area (Å²) >= 11 is 3.28. The maximum absolute atomic E-state index is 12.2. The van der Waals surface area contributed by atoms with Crippen LogP contribution < -0.4 is 15.0 Å². The van der Waals surface area contributed by atoms with Gasteiger partial charge in [-0.05, 0) is 34.1 Å². The average Bonchev–Trinajstić information content (AvgIpc) is 2.54. The number of methoxy groups -OCH3 is 2. The number of ether oxygens (including phenoxy) is 2. The fraction of sp³-hybridized carbons (Fsp3) is 0.133. The topological polar surface area (TPSA) is 65.7 Å². The van der Waals surface area contributed by atoms with E-state index in [-0.39, 0.29) is 5.56 Å². The van der Waals surface area contributed by atoms with Crippen molar-refractivity contribution < 1.29 is 9.47 Å². The largest absolute Gasteiger partial charge is 0.493 e. The third-order valence-corrected chi connectivity index (χ3v) is 3.58. The van der Waals surface area contributed by atoms with Crippen LogP contribution in [0.2, 0.25) is 0 Å². The van der Waals surface area contributed by atoms with Gasteiger partial charge < -0.3 is 9.47 Å². The lowest BCUT2D eigenvalue weighted by Crippen LogP contribution is -2.15. The predicted octanol–water partition coefficient (Wildman–Crippen LogP) is 2.54. The Hall–Kier alpha value is -2.41. The summed E-state index contributed by atoms with van der Waals surface area (Å²) in [6, 6.07) is 6.82. The van der Waals surface area contributed by atoms with Crippen LogP contribution in [0.15, 0.2) is 45.9 Å². The molecule has 0 saturated heterocycles. The predicted molar refractivity (Wildman–Crippen MR) is 85.5 cm³/mol. The molecule has 0 saturated carbocycles. The van der Waals surface area contributed by atoms with Crippen LogP contribution in [0.25, 0.3) is 17.0 Å². The zero-order valence-electron chi connectivity index (χ0n) is 11.9. The zero-order chi connectivity index (χ0) is 15.7. The van der Waals surface area contributed by atoms with Gasteiger partial charge in [-0.15, -0.1) is 0 Å². The molecule has 3 aromatic rings. The Morgan fingerprint density at radius 3 is 2.64 bits per heavy atom. The van der Waals surface area contributed by atoms with Gasteiger partial charge in [-0.1, -0.05) is 0 Å². The Morgan fingerprint density at radius 2 is 1.91 bits per heavy atom. The molecule has 22 heavy (non-hydrogen) atoms. The number of nitrogens with zero attached hydrogens (tertiary/aromatic N) is 3. The second-order valence-electron chi connectivity index (χ2n) is 4.49. The van der Waals surface area contributed by atoms with E-state index < -0.39 is 0 Å². The number of hydrogen-bond donors (Lipinski definition) is 0. The van der Waals surface area contributed by atoms with E-state index in [2.05, 4.69) is 25.9 Å². The lowest BCUT2D eigenvalue weighted by atomic mass is 10.1. The normalized spacial score (nSPS) is 10.7. The van der Waals surface area contributed by atoms with Crippen molar-refractivity contribution in [2.75, 3.05) is 14.2 Å².